The van der Waals surface area contributed by atoms with Crippen molar-refractivity contribution in [2.75, 3.05) is 13.2 Å². The molecule has 9 nitrogen and oxygen atoms in total. The van der Waals surface area contributed by atoms with Crippen LogP contribution in [0.1, 0.15) is 13.8 Å². The predicted octanol–water partition coefficient (Wildman–Crippen LogP) is -1.28. The zero-order chi connectivity index (χ0) is 18.1. The monoisotopic (exact) mass is 336 g/mol. The summed E-state index contributed by atoms with van der Waals surface area (Å²) in [5.41, 5.74) is -0.769. The normalized spacial score (nSPS) is 17.7. The van der Waals surface area contributed by atoms with Gasteiger partial charge in [-0.15, -0.1) is 0 Å². The lowest BCUT2D eigenvalue weighted by Gasteiger charge is -2.31. The first-order valence-corrected chi connectivity index (χ1v) is 7.06. The Bertz CT molecular complexity index is 599. The Hall–Kier alpha value is -2.81. The fraction of sp³-hybridized carbons (Fsp3) is 0.400. The summed E-state index contributed by atoms with van der Waals surface area (Å²) in [6.07, 6.45) is 1.89. The maximum Gasteiger partial charge on any atom is 0.351 e. The lowest BCUT2D eigenvalue weighted by atomic mass is 9.97. The lowest BCUT2D eigenvalue weighted by Crippen LogP contribution is -2.58. The van der Waals surface area contributed by atoms with E-state index >= 15 is 0 Å². The highest BCUT2D eigenvalue weighted by Crippen LogP contribution is 2.21. The molecule has 0 aromatic heterocycles. The van der Waals surface area contributed by atoms with Gasteiger partial charge in [-0.1, -0.05) is 13.8 Å². The molecule has 0 fully saturated rings. The number of aliphatic hydroxyl groups is 1. The molecular weight excluding hydrogens is 320 g/mol. The number of hydrogen-bond donors (Lipinski definition) is 1. The molecule has 0 bridgehead atoms. The van der Waals surface area contributed by atoms with E-state index in [9.17, 15) is 29.1 Å². The van der Waals surface area contributed by atoms with Crippen molar-refractivity contribution in [2.45, 2.75) is 20.0 Å². The highest BCUT2D eigenvalue weighted by atomic mass is 16.5. The van der Waals surface area contributed by atoms with Crippen LogP contribution in [-0.4, -0.2) is 63.9 Å². The summed E-state index contributed by atoms with van der Waals surface area (Å²) < 4.78 is 5.03. The number of ether oxygens (including phenoxy) is 1. The predicted molar refractivity (Wildman–Crippen MR) is 77.6 cm³/mol. The van der Waals surface area contributed by atoms with Crippen molar-refractivity contribution < 1.29 is 33.8 Å². The van der Waals surface area contributed by atoms with Crippen LogP contribution in [0.15, 0.2) is 24.3 Å². The Morgan fingerprint density at radius 1 is 1.00 bits per heavy atom. The molecule has 0 aromatic rings. The van der Waals surface area contributed by atoms with Crippen molar-refractivity contribution in [1.82, 2.24) is 9.80 Å². The first-order chi connectivity index (χ1) is 11.2. The second-order valence-electron chi connectivity index (χ2n) is 6.06. The van der Waals surface area contributed by atoms with Gasteiger partial charge in [-0.2, -0.15) is 0 Å². The molecule has 4 amide bonds. The van der Waals surface area contributed by atoms with Crippen molar-refractivity contribution in [1.29, 1.82) is 0 Å². The summed E-state index contributed by atoms with van der Waals surface area (Å²) in [4.78, 5) is 60.8. The molecule has 128 valence electrons. The number of esters is 1. The minimum Gasteiger partial charge on any atom is -0.462 e. The SMILES string of the molecule is CC(C)(CO)COC(=O)C(N1C(=O)C=CC1=O)N1C(=O)C=CC1=O. The number of amides is 4. The van der Waals surface area contributed by atoms with E-state index in [4.69, 9.17) is 4.74 Å². The maximum atomic E-state index is 12.4. The second-order valence-corrected chi connectivity index (χ2v) is 6.06. The minimum absolute atomic E-state index is 0.230. The third-order valence-corrected chi connectivity index (χ3v) is 3.42. The molecule has 0 saturated carbocycles. The Morgan fingerprint density at radius 3 is 1.71 bits per heavy atom. The molecule has 0 aliphatic carbocycles. The summed E-state index contributed by atoms with van der Waals surface area (Å²) in [5.74, 6) is -4.47. The summed E-state index contributed by atoms with van der Waals surface area (Å²) in [6, 6.07) is 0. The summed E-state index contributed by atoms with van der Waals surface area (Å²) in [5, 5.41) is 9.19. The van der Waals surface area contributed by atoms with Crippen LogP contribution in [0.5, 0.6) is 0 Å². The zero-order valence-corrected chi connectivity index (χ0v) is 13.1. The van der Waals surface area contributed by atoms with Gasteiger partial charge in [0.25, 0.3) is 23.6 Å². The van der Waals surface area contributed by atoms with E-state index in [0.717, 1.165) is 24.3 Å². The number of hydrogen-bond acceptors (Lipinski definition) is 7. The number of imide groups is 2. The second kappa shape index (κ2) is 6.36. The van der Waals surface area contributed by atoms with E-state index in [1.165, 1.54) is 0 Å². The van der Waals surface area contributed by atoms with E-state index in [-0.39, 0.29) is 13.2 Å². The number of aliphatic hydroxyl groups excluding tert-OH is 1. The number of nitrogens with zero attached hydrogens (tertiary/aromatic N) is 2. The quantitative estimate of drug-likeness (QED) is 0.474. The summed E-state index contributed by atoms with van der Waals surface area (Å²) in [7, 11) is 0. The summed E-state index contributed by atoms with van der Waals surface area (Å²) in [6.45, 7) is 2.73. The number of carbonyl (C=O) groups excluding carboxylic acids is 5. The molecule has 0 radical (unpaired) electrons. The molecule has 2 aliphatic heterocycles. The maximum absolute atomic E-state index is 12.4. The van der Waals surface area contributed by atoms with Gasteiger partial charge in [0, 0.05) is 29.7 Å². The highest BCUT2D eigenvalue weighted by Gasteiger charge is 2.46. The Morgan fingerprint density at radius 2 is 1.38 bits per heavy atom. The largest absolute Gasteiger partial charge is 0.462 e. The van der Waals surface area contributed by atoms with E-state index < -0.39 is 41.2 Å². The van der Waals surface area contributed by atoms with Crippen molar-refractivity contribution in [3.05, 3.63) is 24.3 Å². The average Bonchev–Trinajstić information content (AvgIpc) is 3.03. The Kier molecular flexibility index (Phi) is 4.65. The van der Waals surface area contributed by atoms with E-state index in [1.807, 2.05) is 0 Å². The van der Waals surface area contributed by atoms with Crippen molar-refractivity contribution >= 4 is 29.6 Å². The molecule has 0 aromatic carbocycles. The van der Waals surface area contributed by atoms with Crippen LogP contribution in [0, 0.1) is 5.41 Å². The van der Waals surface area contributed by atoms with Crippen LogP contribution in [0.4, 0.5) is 0 Å². The third kappa shape index (κ3) is 3.25. The van der Waals surface area contributed by atoms with Gasteiger partial charge in [-0.05, 0) is 0 Å². The van der Waals surface area contributed by atoms with E-state index in [2.05, 4.69) is 0 Å². The molecular formula is C15H16N2O7. The molecule has 0 unspecified atom stereocenters. The first-order valence-electron chi connectivity index (χ1n) is 7.06. The van der Waals surface area contributed by atoms with Gasteiger partial charge in [0.2, 0.25) is 6.17 Å². The van der Waals surface area contributed by atoms with Crippen LogP contribution < -0.4 is 0 Å². The smallest absolute Gasteiger partial charge is 0.351 e. The third-order valence-electron chi connectivity index (χ3n) is 3.42. The van der Waals surface area contributed by atoms with Crippen molar-refractivity contribution in [3.8, 4) is 0 Å². The standard InChI is InChI=1S/C15H16N2O7/c1-15(2,7-18)8-24-14(23)13(16-9(19)3-4-10(16)20)17-11(21)5-6-12(17)22/h3-6,13,18H,7-8H2,1-2H3. The molecule has 2 heterocycles. The van der Waals surface area contributed by atoms with Crippen LogP contribution >= 0.6 is 0 Å². The molecule has 9 heteroatoms. The van der Waals surface area contributed by atoms with Gasteiger partial charge in [0.1, 0.15) is 0 Å². The van der Waals surface area contributed by atoms with Gasteiger partial charge < -0.3 is 9.84 Å². The fourth-order valence-corrected chi connectivity index (χ4v) is 2.02. The Balaban J connectivity index is 2.28. The van der Waals surface area contributed by atoms with Crippen molar-refractivity contribution in [2.24, 2.45) is 5.41 Å². The average molecular weight is 336 g/mol. The molecule has 2 aliphatic rings. The molecule has 2 rings (SSSR count). The number of carbonyl (C=O) groups is 5. The lowest BCUT2D eigenvalue weighted by molar-refractivity contribution is -0.172. The minimum atomic E-state index is -1.83. The molecule has 0 saturated heterocycles. The zero-order valence-electron chi connectivity index (χ0n) is 13.1. The number of rotatable bonds is 6. The highest BCUT2D eigenvalue weighted by molar-refractivity contribution is 6.19. The van der Waals surface area contributed by atoms with Crippen LogP contribution in [0.2, 0.25) is 0 Å². The van der Waals surface area contributed by atoms with E-state index in [1.54, 1.807) is 13.8 Å². The summed E-state index contributed by atoms with van der Waals surface area (Å²) >= 11 is 0. The topological polar surface area (TPSA) is 121 Å². The van der Waals surface area contributed by atoms with Gasteiger partial charge in [-0.25, -0.2) is 14.6 Å². The van der Waals surface area contributed by atoms with Crippen LogP contribution in [-0.2, 0) is 28.7 Å². The van der Waals surface area contributed by atoms with Gasteiger partial charge in [0.15, 0.2) is 0 Å². The van der Waals surface area contributed by atoms with Gasteiger partial charge in [0.05, 0.1) is 13.2 Å². The van der Waals surface area contributed by atoms with Crippen LogP contribution in [0.3, 0.4) is 0 Å². The fourth-order valence-electron chi connectivity index (χ4n) is 2.02. The molecule has 1 N–H and O–H groups in total. The van der Waals surface area contributed by atoms with Gasteiger partial charge in [-0.3, -0.25) is 19.2 Å². The van der Waals surface area contributed by atoms with E-state index in [0.29, 0.717) is 9.80 Å². The first kappa shape index (κ1) is 17.5. The van der Waals surface area contributed by atoms with Gasteiger partial charge >= 0.3 is 5.97 Å². The van der Waals surface area contributed by atoms with Crippen LogP contribution in [0.25, 0.3) is 0 Å². The molecule has 0 atom stereocenters. The molecule has 24 heavy (non-hydrogen) atoms. The molecule has 0 spiro atoms. The Labute approximate surface area is 137 Å². The van der Waals surface area contributed by atoms with Crippen molar-refractivity contribution in [3.63, 3.8) is 0 Å².